The predicted molar refractivity (Wildman–Crippen MR) is 135 cm³/mol. The summed E-state index contributed by atoms with van der Waals surface area (Å²) in [6.45, 7) is 1.77. The summed E-state index contributed by atoms with van der Waals surface area (Å²) in [6.07, 6.45) is 3.55. The Balaban J connectivity index is 1.58. The second kappa shape index (κ2) is 8.59. The molecular formula is C23H25FN8O3S. The molecule has 3 N–H and O–H groups in total. The van der Waals surface area contributed by atoms with Crippen LogP contribution in [0.25, 0.3) is 22.4 Å². The first-order valence-corrected chi connectivity index (χ1v) is 13.0. The maximum atomic E-state index is 13.4. The van der Waals surface area contributed by atoms with E-state index in [1.165, 1.54) is 11.4 Å². The van der Waals surface area contributed by atoms with E-state index >= 15 is 0 Å². The molecule has 4 aromatic rings. The van der Waals surface area contributed by atoms with Gasteiger partial charge in [0.25, 0.3) is 0 Å². The van der Waals surface area contributed by atoms with Gasteiger partial charge in [0.1, 0.15) is 23.3 Å². The molecule has 13 heteroatoms. The van der Waals surface area contributed by atoms with Gasteiger partial charge < -0.3 is 20.2 Å². The number of H-pyrrole nitrogens is 1. The number of imidazole rings is 2. The quantitative estimate of drug-likeness (QED) is 0.346. The molecule has 0 saturated heterocycles. The van der Waals surface area contributed by atoms with Crippen LogP contribution in [0, 0.1) is 12.8 Å². The molecule has 1 aliphatic carbocycles. The van der Waals surface area contributed by atoms with E-state index in [4.69, 9.17) is 0 Å². The number of aromatic amines is 1. The van der Waals surface area contributed by atoms with E-state index < -0.39 is 28.0 Å². The number of aryl methyl sites for hydroxylation is 2. The zero-order valence-electron chi connectivity index (χ0n) is 20.1. The van der Waals surface area contributed by atoms with Crippen LogP contribution in [0.3, 0.4) is 0 Å². The number of amides is 1. The number of carbonyl (C=O) groups excluding carboxylic acids is 1. The molecule has 11 nitrogen and oxygen atoms in total. The van der Waals surface area contributed by atoms with Gasteiger partial charge in [-0.3, -0.25) is 9.10 Å². The van der Waals surface area contributed by atoms with Gasteiger partial charge in [0.2, 0.25) is 15.9 Å². The lowest BCUT2D eigenvalue weighted by Crippen LogP contribution is -2.25. The molecule has 2 atom stereocenters. The molecule has 1 amide bonds. The lowest BCUT2D eigenvalue weighted by atomic mass is 10.1. The number of nitrogens with zero attached hydrogens (tertiary/aromatic N) is 5. The summed E-state index contributed by atoms with van der Waals surface area (Å²) in [6, 6.07) is 6.98. The third kappa shape index (κ3) is 4.49. The Labute approximate surface area is 206 Å². The maximum absolute atomic E-state index is 13.4. The van der Waals surface area contributed by atoms with Gasteiger partial charge in [-0.15, -0.1) is 0 Å². The Hall–Kier alpha value is -4.00. The minimum Gasteiger partial charge on any atom is -0.352 e. The molecule has 3 heterocycles. The molecule has 1 fully saturated rings. The number of halogens is 1. The third-order valence-electron chi connectivity index (χ3n) is 6.10. The highest BCUT2D eigenvalue weighted by atomic mass is 32.2. The van der Waals surface area contributed by atoms with Gasteiger partial charge in [-0.05, 0) is 25.5 Å². The van der Waals surface area contributed by atoms with Crippen LogP contribution in [0.15, 0.2) is 36.8 Å². The average Bonchev–Trinajstić information content (AvgIpc) is 3.19. The molecule has 36 heavy (non-hydrogen) atoms. The lowest BCUT2D eigenvalue weighted by molar-refractivity contribution is -0.117. The van der Waals surface area contributed by atoms with Crippen LogP contribution in [0.4, 0.5) is 27.3 Å². The number of rotatable bonds is 7. The molecule has 0 unspecified atom stereocenters. The fourth-order valence-corrected chi connectivity index (χ4v) is 4.44. The van der Waals surface area contributed by atoms with Gasteiger partial charge >= 0.3 is 0 Å². The molecule has 5 rings (SSSR count). The molecule has 0 aliphatic heterocycles. The number of hydrogen-bond acceptors (Lipinski definition) is 7. The van der Waals surface area contributed by atoms with E-state index in [0.29, 0.717) is 34.1 Å². The molecule has 188 valence electrons. The fraction of sp³-hybridized carbons (Fsp3) is 0.304. The number of benzene rings is 1. The molecule has 0 spiro atoms. The standard InChI is InChI=1S/C23H25FN8O3S/c1-12-26-21-17(9-20(29-22(21)27-12)30-23(33)14-8-15(14)24)28-16-6-5-13(19-10-25-11-31(19)2)7-18(16)32(3)36(4,34)35/h5-7,9-11,14-15H,8H2,1-4H3,(H3,26,27,28,29,30,33)/t14-,15+/m1/s1. The third-order valence-corrected chi connectivity index (χ3v) is 7.29. The number of aromatic nitrogens is 5. The van der Waals surface area contributed by atoms with Crippen LogP contribution in [-0.2, 0) is 21.9 Å². The Morgan fingerprint density at radius 1 is 1.25 bits per heavy atom. The minimum absolute atomic E-state index is 0.199. The van der Waals surface area contributed by atoms with Gasteiger partial charge in [-0.2, -0.15) is 0 Å². The van der Waals surface area contributed by atoms with Gasteiger partial charge in [0.15, 0.2) is 5.65 Å². The Bertz CT molecular complexity index is 1600. The van der Waals surface area contributed by atoms with Gasteiger partial charge in [-0.1, -0.05) is 6.07 Å². The van der Waals surface area contributed by atoms with Crippen molar-refractivity contribution in [1.29, 1.82) is 0 Å². The van der Waals surface area contributed by atoms with E-state index in [1.807, 2.05) is 17.7 Å². The van der Waals surface area contributed by atoms with E-state index in [9.17, 15) is 17.6 Å². The number of hydrogen-bond donors (Lipinski definition) is 3. The monoisotopic (exact) mass is 512 g/mol. The van der Waals surface area contributed by atoms with Crippen molar-refractivity contribution in [2.45, 2.75) is 19.5 Å². The molecule has 0 radical (unpaired) electrons. The largest absolute Gasteiger partial charge is 0.352 e. The number of pyridine rings is 1. The van der Waals surface area contributed by atoms with Crippen molar-refractivity contribution in [2.24, 2.45) is 13.0 Å². The second-order valence-electron chi connectivity index (χ2n) is 8.90. The number of carbonyl (C=O) groups is 1. The Kier molecular flexibility index (Phi) is 5.66. The predicted octanol–water partition coefficient (Wildman–Crippen LogP) is 3.10. The molecule has 3 aromatic heterocycles. The second-order valence-corrected chi connectivity index (χ2v) is 10.9. The van der Waals surface area contributed by atoms with Crippen molar-refractivity contribution in [3.63, 3.8) is 0 Å². The van der Waals surface area contributed by atoms with E-state index in [-0.39, 0.29) is 12.2 Å². The van der Waals surface area contributed by atoms with E-state index in [1.54, 1.807) is 37.6 Å². The highest BCUT2D eigenvalue weighted by molar-refractivity contribution is 7.92. The van der Waals surface area contributed by atoms with Crippen LogP contribution in [-0.4, -0.2) is 58.3 Å². The molecule has 1 aromatic carbocycles. The van der Waals surface area contributed by atoms with Gasteiger partial charge in [-0.25, -0.2) is 27.8 Å². The van der Waals surface area contributed by atoms with Crippen LogP contribution >= 0.6 is 0 Å². The summed E-state index contributed by atoms with van der Waals surface area (Å²) >= 11 is 0. The molecule has 1 aliphatic rings. The number of sulfonamides is 1. The van der Waals surface area contributed by atoms with Crippen molar-refractivity contribution in [3.05, 3.63) is 42.6 Å². The SMILES string of the molecule is Cc1nc2nc(NC(=O)[C@@H]3C[C@@H]3F)cc(Nc3ccc(-c4cncn4C)cc3N(C)S(C)(=O)=O)c2[nH]1. The average molecular weight is 513 g/mol. The van der Waals surface area contributed by atoms with Gasteiger partial charge in [0.05, 0.1) is 47.5 Å². The smallest absolute Gasteiger partial charge is 0.232 e. The summed E-state index contributed by atoms with van der Waals surface area (Å²) in [5.74, 6) is -0.292. The number of alkyl halides is 1. The number of anilines is 4. The summed E-state index contributed by atoms with van der Waals surface area (Å²) in [5, 5.41) is 5.93. The topological polar surface area (TPSA) is 138 Å². The van der Waals surface area contributed by atoms with E-state index in [2.05, 4.69) is 30.6 Å². The fourth-order valence-electron chi connectivity index (χ4n) is 3.94. The van der Waals surface area contributed by atoms with Crippen molar-refractivity contribution in [2.75, 3.05) is 28.2 Å². The molecular weight excluding hydrogens is 487 g/mol. The van der Waals surface area contributed by atoms with Crippen LogP contribution in [0.1, 0.15) is 12.2 Å². The zero-order valence-corrected chi connectivity index (χ0v) is 20.9. The van der Waals surface area contributed by atoms with Crippen LogP contribution < -0.4 is 14.9 Å². The Morgan fingerprint density at radius 2 is 2.00 bits per heavy atom. The Morgan fingerprint density at radius 3 is 2.64 bits per heavy atom. The maximum Gasteiger partial charge on any atom is 0.232 e. The summed E-state index contributed by atoms with van der Waals surface area (Å²) in [4.78, 5) is 28.3. The molecule has 1 saturated carbocycles. The van der Waals surface area contributed by atoms with Crippen molar-refractivity contribution in [1.82, 2.24) is 24.5 Å². The number of nitrogens with one attached hydrogen (secondary N) is 3. The zero-order chi connectivity index (χ0) is 25.8. The molecule has 0 bridgehead atoms. The van der Waals surface area contributed by atoms with Crippen LogP contribution in [0.2, 0.25) is 0 Å². The van der Waals surface area contributed by atoms with Crippen molar-refractivity contribution in [3.8, 4) is 11.3 Å². The van der Waals surface area contributed by atoms with E-state index in [0.717, 1.165) is 17.5 Å². The first-order chi connectivity index (χ1) is 17.0. The normalized spacial score (nSPS) is 17.2. The van der Waals surface area contributed by atoms with Crippen molar-refractivity contribution < 1.29 is 17.6 Å². The van der Waals surface area contributed by atoms with Crippen molar-refractivity contribution >= 4 is 50.0 Å². The number of fused-ring (bicyclic) bond motifs is 1. The van der Waals surface area contributed by atoms with Crippen LogP contribution in [0.5, 0.6) is 0 Å². The first kappa shape index (κ1) is 23.7. The highest BCUT2D eigenvalue weighted by Gasteiger charge is 2.43. The summed E-state index contributed by atoms with van der Waals surface area (Å²) in [7, 11) is -0.266. The lowest BCUT2D eigenvalue weighted by Gasteiger charge is -2.22. The summed E-state index contributed by atoms with van der Waals surface area (Å²) < 4.78 is 41.3. The summed E-state index contributed by atoms with van der Waals surface area (Å²) in [5.41, 5.74) is 3.94. The minimum atomic E-state index is -3.59. The highest BCUT2D eigenvalue weighted by Crippen LogP contribution is 2.37. The first-order valence-electron chi connectivity index (χ1n) is 11.1. The van der Waals surface area contributed by atoms with Gasteiger partial charge in [0, 0.05) is 25.7 Å².